The van der Waals surface area contributed by atoms with Crippen molar-refractivity contribution in [1.82, 2.24) is 4.98 Å². The molecule has 3 rings (SSSR count). The van der Waals surface area contributed by atoms with Gasteiger partial charge in [-0.15, -0.1) is 11.3 Å². The van der Waals surface area contributed by atoms with E-state index >= 15 is 0 Å². The molecule has 0 unspecified atom stereocenters. The van der Waals surface area contributed by atoms with E-state index in [2.05, 4.69) is 16.0 Å². The van der Waals surface area contributed by atoms with Gasteiger partial charge in [0.25, 0.3) is 0 Å². The van der Waals surface area contributed by atoms with Gasteiger partial charge in [0.05, 0.1) is 15.1 Å². The molecule has 0 N–H and O–H groups in total. The van der Waals surface area contributed by atoms with Crippen molar-refractivity contribution in [3.05, 3.63) is 59.0 Å². The summed E-state index contributed by atoms with van der Waals surface area (Å²) in [6.07, 6.45) is 1.90. The Morgan fingerprint density at radius 1 is 1.17 bits per heavy atom. The number of anilines is 1. The Labute approximate surface area is 143 Å². The molecule has 2 aromatic carbocycles. The van der Waals surface area contributed by atoms with Gasteiger partial charge >= 0.3 is 0 Å². The molecule has 0 atom stereocenters. The fourth-order valence-electron chi connectivity index (χ4n) is 2.09. The highest BCUT2D eigenvalue weighted by molar-refractivity contribution is 8.05. The highest BCUT2D eigenvalue weighted by Crippen LogP contribution is 2.34. The van der Waals surface area contributed by atoms with Crippen molar-refractivity contribution in [3.8, 4) is 6.07 Å². The maximum Gasteiger partial charge on any atom is 0.156 e. The van der Waals surface area contributed by atoms with Crippen LogP contribution in [0.1, 0.15) is 5.56 Å². The highest BCUT2D eigenvalue weighted by Gasteiger charge is 2.07. The number of thioether (sulfide) groups is 1. The zero-order valence-electron chi connectivity index (χ0n) is 12.9. The first kappa shape index (κ1) is 15.6. The van der Waals surface area contributed by atoms with Gasteiger partial charge in [-0.25, -0.2) is 4.98 Å². The van der Waals surface area contributed by atoms with Gasteiger partial charge in [-0.05, 0) is 47.7 Å². The fourth-order valence-corrected chi connectivity index (χ4v) is 4.07. The number of aromatic nitrogens is 1. The van der Waals surface area contributed by atoms with Gasteiger partial charge in [0.15, 0.2) is 4.34 Å². The molecule has 0 aliphatic carbocycles. The molecule has 1 heterocycles. The molecular formula is C18H15N3S2. The minimum Gasteiger partial charge on any atom is -0.378 e. The van der Waals surface area contributed by atoms with E-state index in [0.29, 0.717) is 4.91 Å². The van der Waals surface area contributed by atoms with Crippen molar-refractivity contribution in [2.75, 3.05) is 19.0 Å². The average molecular weight is 337 g/mol. The molecule has 0 radical (unpaired) electrons. The molecule has 5 heteroatoms. The Kier molecular flexibility index (Phi) is 4.65. The number of hydrogen-bond donors (Lipinski definition) is 0. The van der Waals surface area contributed by atoms with E-state index in [9.17, 15) is 5.26 Å². The predicted octanol–water partition coefficient (Wildman–Crippen LogP) is 5.02. The molecule has 0 saturated carbocycles. The SMILES string of the molecule is CN(C)c1ccc(C=C(C#N)Sc2nc3ccccc3s2)cc1. The van der Waals surface area contributed by atoms with Crippen LogP contribution in [0.4, 0.5) is 5.69 Å². The topological polar surface area (TPSA) is 39.9 Å². The maximum absolute atomic E-state index is 9.40. The number of nitrogens with zero attached hydrogens (tertiary/aromatic N) is 3. The molecule has 0 bridgehead atoms. The molecule has 0 fully saturated rings. The summed E-state index contributed by atoms with van der Waals surface area (Å²) < 4.78 is 2.03. The molecule has 23 heavy (non-hydrogen) atoms. The van der Waals surface area contributed by atoms with Gasteiger partial charge in [-0.1, -0.05) is 24.3 Å². The van der Waals surface area contributed by atoms with Crippen molar-refractivity contribution in [1.29, 1.82) is 5.26 Å². The van der Waals surface area contributed by atoms with Crippen LogP contribution in [0.25, 0.3) is 16.3 Å². The average Bonchev–Trinajstić information content (AvgIpc) is 2.97. The number of fused-ring (bicyclic) bond motifs is 1. The van der Waals surface area contributed by atoms with Crippen molar-refractivity contribution in [3.63, 3.8) is 0 Å². The summed E-state index contributed by atoms with van der Waals surface area (Å²) in [6, 6.07) is 18.4. The first-order valence-electron chi connectivity index (χ1n) is 7.08. The van der Waals surface area contributed by atoms with Crippen LogP contribution in [-0.4, -0.2) is 19.1 Å². The van der Waals surface area contributed by atoms with Crippen molar-refractivity contribution in [2.24, 2.45) is 0 Å². The van der Waals surface area contributed by atoms with Gasteiger partial charge in [0, 0.05) is 19.8 Å². The van der Waals surface area contributed by atoms with E-state index in [1.807, 2.05) is 68.7 Å². The third-order valence-electron chi connectivity index (χ3n) is 3.29. The zero-order chi connectivity index (χ0) is 16.2. The normalized spacial score (nSPS) is 11.4. The van der Waals surface area contributed by atoms with Crippen molar-refractivity contribution < 1.29 is 0 Å². The van der Waals surface area contributed by atoms with Crippen LogP contribution in [0.5, 0.6) is 0 Å². The standard InChI is InChI=1S/C18H15N3S2/c1-21(2)14-9-7-13(8-10-14)11-15(12-19)22-18-20-16-5-3-4-6-17(16)23-18/h3-11H,1-2H3. The van der Waals surface area contributed by atoms with Crippen molar-refractivity contribution in [2.45, 2.75) is 4.34 Å². The molecule has 3 aromatic rings. The Morgan fingerprint density at radius 2 is 1.91 bits per heavy atom. The number of rotatable bonds is 4. The van der Waals surface area contributed by atoms with E-state index in [4.69, 9.17) is 0 Å². The van der Waals surface area contributed by atoms with E-state index in [1.54, 1.807) is 11.3 Å². The first-order chi connectivity index (χ1) is 11.2. The third-order valence-corrected chi connectivity index (χ3v) is 5.31. The summed E-state index contributed by atoms with van der Waals surface area (Å²) in [5, 5.41) is 9.40. The van der Waals surface area contributed by atoms with E-state index in [-0.39, 0.29) is 0 Å². The van der Waals surface area contributed by atoms with Crippen LogP contribution in [-0.2, 0) is 0 Å². The van der Waals surface area contributed by atoms with Gasteiger partial charge in [-0.2, -0.15) is 5.26 Å². The van der Waals surface area contributed by atoms with Gasteiger partial charge in [0.2, 0.25) is 0 Å². The second kappa shape index (κ2) is 6.86. The molecule has 0 amide bonds. The Bertz CT molecular complexity index is 854. The van der Waals surface area contributed by atoms with Gasteiger partial charge in [-0.3, -0.25) is 0 Å². The zero-order valence-corrected chi connectivity index (χ0v) is 14.5. The summed E-state index contributed by atoms with van der Waals surface area (Å²) in [4.78, 5) is 7.25. The summed E-state index contributed by atoms with van der Waals surface area (Å²) in [7, 11) is 4.02. The van der Waals surface area contributed by atoms with Crippen LogP contribution in [0.2, 0.25) is 0 Å². The van der Waals surface area contributed by atoms with E-state index < -0.39 is 0 Å². The number of para-hydroxylation sites is 1. The lowest BCUT2D eigenvalue weighted by molar-refractivity contribution is 1.13. The smallest absolute Gasteiger partial charge is 0.156 e. The van der Waals surface area contributed by atoms with E-state index in [1.165, 1.54) is 11.8 Å². The second-order valence-electron chi connectivity index (χ2n) is 5.16. The number of thiazole rings is 1. The lowest BCUT2D eigenvalue weighted by Crippen LogP contribution is -2.07. The number of allylic oxidation sites excluding steroid dienone is 1. The highest BCUT2D eigenvalue weighted by atomic mass is 32.2. The summed E-state index contributed by atoms with van der Waals surface area (Å²) >= 11 is 3.03. The van der Waals surface area contributed by atoms with E-state index in [0.717, 1.165) is 25.8 Å². The number of nitriles is 1. The van der Waals surface area contributed by atoms with Crippen LogP contribution >= 0.6 is 23.1 Å². The largest absolute Gasteiger partial charge is 0.378 e. The Morgan fingerprint density at radius 3 is 2.57 bits per heavy atom. The predicted molar refractivity (Wildman–Crippen MR) is 99.8 cm³/mol. The molecule has 0 aliphatic rings. The molecule has 1 aromatic heterocycles. The molecule has 0 aliphatic heterocycles. The molecule has 114 valence electrons. The third kappa shape index (κ3) is 3.73. The maximum atomic E-state index is 9.40. The number of hydrogen-bond acceptors (Lipinski definition) is 5. The quantitative estimate of drug-likeness (QED) is 0.495. The minimum atomic E-state index is 0.640. The minimum absolute atomic E-state index is 0.640. The molecule has 0 spiro atoms. The van der Waals surface area contributed by atoms with Crippen LogP contribution in [0.3, 0.4) is 0 Å². The van der Waals surface area contributed by atoms with Crippen LogP contribution in [0.15, 0.2) is 57.8 Å². The first-order valence-corrected chi connectivity index (χ1v) is 8.71. The number of benzene rings is 2. The fraction of sp³-hybridized carbons (Fsp3) is 0.111. The lowest BCUT2D eigenvalue weighted by atomic mass is 10.2. The Hall–Kier alpha value is -2.29. The molecule has 3 nitrogen and oxygen atoms in total. The van der Waals surface area contributed by atoms with Crippen LogP contribution < -0.4 is 4.90 Å². The summed E-state index contributed by atoms with van der Waals surface area (Å²) in [5.74, 6) is 0. The van der Waals surface area contributed by atoms with Crippen molar-refractivity contribution >= 4 is 45.1 Å². The Balaban J connectivity index is 1.82. The summed E-state index contributed by atoms with van der Waals surface area (Å²) in [6.45, 7) is 0. The van der Waals surface area contributed by atoms with Gasteiger partial charge < -0.3 is 4.90 Å². The molecular weight excluding hydrogens is 322 g/mol. The lowest BCUT2D eigenvalue weighted by Gasteiger charge is -2.11. The van der Waals surface area contributed by atoms with Crippen LogP contribution in [0, 0.1) is 11.3 Å². The second-order valence-corrected chi connectivity index (χ2v) is 7.48. The monoisotopic (exact) mass is 337 g/mol. The summed E-state index contributed by atoms with van der Waals surface area (Å²) in [5.41, 5.74) is 3.13. The van der Waals surface area contributed by atoms with Gasteiger partial charge in [0.1, 0.15) is 6.07 Å². The molecule has 0 saturated heterocycles.